The van der Waals surface area contributed by atoms with Crippen molar-refractivity contribution in [2.45, 2.75) is 147 Å². The number of nitrogens with one attached hydrogen (secondary N) is 3. The lowest BCUT2D eigenvalue weighted by Gasteiger charge is -2.26. The van der Waals surface area contributed by atoms with Crippen molar-refractivity contribution in [1.82, 2.24) is 31.0 Å². The van der Waals surface area contributed by atoms with Gasteiger partial charge >= 0.3 is 0 Å². The van der Waals surface area contributed by atoms with Gasteiger partial charge in [0.15, 0.2) is 0 Å². The summed E-state index contributed by atoms with van der Waals surface area (Å²) in [6.45, 7) is 16.6. The number of carbonyl (C=O) groups is 3. The van der Waals surface area contributed by atoms with Crippen LogP contribution in [0.3, 0.4) is 0 Å². The molecule has 2 aromatic heterocycles. The molecule has 2 aromatic carbocycles. The Morgan fingerprint density at radius 3 is 1.39 bits per heavy atom. The number of aromatic nitrogens is 2. The molecule has 0 aliphatic heterocycles. The largest absolute Gasteiger partial charge is 0.443 e. The molecule has 2 aliphatic carbocycles. The van der Waals surface area contributed by atoms with Crippen molar-refractivity contribution in [3.05, 3.63) is 106 Å². The highest BCUT2D eigenvalue weighted by atomic mass is 19.1. The minimum absolute atomic E-state index is 0.0945. The summed E-state index contributed by atoms with van der Waals surface area (Å²) in [6.07, 6.45) is 5.29. The molecule has 4 unspecified atom stereocenters. The number of carbonyl (C=O) groups excluding carboxylic acids is 3. The molecule has 7 N–H and O–H groups in total. The average molecular weight is 932 g/mol. The van der Waals surface area contributed by atoms with E-state index in [0.29, 0.717) is 28.0 Å². The summed E-state index contributed by atoms with van der Waals surface area (Å²) in [5, 5.41) is 31.0. The standard InChI is InChI=1S/C22H29F2N3O3.C20H27F2N3O2.C5H9NO3/c1-13(28)27-17(9-14-7-15(23)10-16(24)8-14)18(29)11-26-22(5-6-22)20-25-12-19(30-20)21(2,3)4;1-19(2,3)17-11-24-18(27-17)20(4-5-20)25-10-16(26)15(23)8-12-6-13(21)9-14(22)7-12;1-4(7)6(9-3)5(2)8/h7-8,10,12,17-18,26,29H,5-6,9,11H2,1-4H3,(H,27,28);6-7,9,11,15-16,25-26H,4-5,8,10,23H2,1-3H3;1-3H3. The Morgan fingerprint density at radius 1 is 0.712 bits per heavy atom. The summed E-state index contributed by atoms with van der Waals surface area (Å²) in [5.41, 5.74) is 5.72. The zero-order valence-corrected chi connectivity index (χ0v) is 39.4. The third-order valence-electron chi connectivity index (χ3n) is 11.0. The number of hydrogen-bond acceptors (Lipinski definition) is 13. The van der Waals surface area contributed by atoms with Crippen molar-refractivity contribution < 1.29 is 55.8 Å². The first-order valence-corrected chi connectivity index (χ1v) is 21.7. The second-order valence-corrected chi connectivity index (χ2v) is 19.1. The van der Waals surface area contributed by atoms with Crippen LogP contribution in [-0.2, 0) is 54.0 Å². The number of halogens is 4. The van der Waals surface area contributed by atoms with Gasteiger partial charge in [-0.05, 0) is 73.9 Å². The summed E-state index contributed by atoms with van der Waals surface area (Å²) >= 11 is 0. The molecule has 2 aliphatic rings. The maximum atomic E-state index is 13.5. The Balaban J connectivity index is 0.000000245. The van der Waals surface area contributed by atoms with Crippen LogP contribution in [-0.4, -0.2) is 87.5 Å². The van der Waals surface area contributed by atoms with Crippen LogP contribution in [0.4, 0.5) is 17.6 Å². The minimum atomic E-state index is -0.977. The zero-order valence-electron chi connectivity index (χ0n) is 39.4. The first-order valence-electron chi connectivity index (χ1n) is 21.7. The molecular weight excluding hydrogens is 867 g/mol. The minimum Gasteiger partial charge on any atom is -0.443 e. The maximum absolute atomic E-state index is 13.5. The summed E-state index contributed by atoms with van der Waals surface area (Å²) in [7, 11) is 1.27. The van der Waals surface area contributed by atoms with Crippen LogP contribution >= 0.6 is 0 Å². The van der Waals surface area contributed by atoms with Gasteiger partial charge in [0.1, 0.15) is 34.8 Å². The number of aliphatic hydroxyl groups is 2. The summed E-state index contributed by atoms with van der Waals surface area (Å²) < 4.78 is 65.5. The Morgan fingerprint density at radius 2 is 1.09 bits per heavy atom. The van der Waals surface area contributed by atoms with Gasteiger partial charge in [-0.25, -0.2) is 27.5 Å². The number of aliphatic hydroxyl groups excluding tert-OH is 2. The van der Waals surface area contributed by atoms with E-state index < -0.39 is 64.9 Å². The molecule has 15 nitrogen and oxygen atoms in total. The van der Waals surface area contributed by atoms with Crippen LogP contribution in [0.2, 0.25) is 0 Å². The molecule has 66 heavy (non-hydrogen) atoms. The van der Waals surface area contributed by atoms with Crippen LogP contribution in [0.25, 0.3) is 0 Å². The van der Waals surface area contributed by atoms with Crippen LogP contribution in [0.1, 0.15) is 122 Å². The number of amides is 3. The fourth-order valence-electron chi connectivity index (χ4n) is 6.90. The molecule has 3 amide bonds. The SMILES string of the molecule is CC(=O)NC(Cc1cc(F)cc(F)c1)C(O)CNC1(c2ncc(C(C)(C)C)o2)CC1.CC(C)(C)c1cnc(C2(NCC(O)C(N)Cc3cc(F)cc(F)c3)CC2)o1.CON(C(C)=O)C(C)=O. The number of imide groups is 1. The smallest absolute Gasteiger partial charge is 0.250 e. The van der Waals surface area contributed by atoms with Crippen LogP contribution in [0.5, 0.6) is 0 Å². The molecule has 0 radical (unpaired) electrons. The molecule has 19 heteroatoms. The van der Waals surface area contributed by atoms with Crippen molar-refractivity contribution in [3.8, 4) is 0 Å². The van der Waals surface area contributed by atoms with E-state index in [9.17, 15) is 42.2 Å². The van der Waals surface area contributed by atoms with E-state index in [2.05, 4.69) is 51.5 Å². The molecular formula is C47H65F4N7O8. The lowest BCUT2D eigenvalue weighted by Crippen LogP contribution is -2.49. The van der Waals surface area contributed by atoms with Crippen LogP contribution in [0, 0.1) is 23.3 Å². The number of hydroxylamine groups is 2. The molecule has 0 bridgehead atoms. The van der Waals surface area contributed by atoms with Crippen molar-refractivity contribution >= 4 is 17.7 Å². The lowest BCUT2D eigenvalue weighted by atomic mass is 9.94. The number of hydrogen-bond donors (Lipinski definition) is 6. The average Bonchev–Trinajstić information content (AvgIpc) is 4.02. The fourth-order valence-corrected chi connectivity index (χ4v) is 6.90. The number of nitrogens with two attached hydrogens (primary N) is 1. The Kier molecular flexibility index (Phi) is 18.0. The number of benzene rings is 2. The Hall–Kier alpha value is -5.05. The van der Waals surface area contributed by atoms with Crippen LogP contribution < -0.4 is 21.7 Å². The normalized spacial score (nSPS) is 16.6. The summed E-state index contributed by atoms with van der Waals surface area (Å²) in [6, 6.07) is 5.09. The fraction of sp³-hybridized carbons (Fsp3) is 0.553. The van der Waals surface area contributed by atoms with E-state index in [1.807, 2.05) is 20.8 Å². The van der Waals surface area contributed by atoms with Gasteiger partial charge in [0, 0.05) is 62.9 Å². The second kappa shape index (κ2) is 22.2. The molecule has 2 fully saturated rings. The maximum Gasteiger partial charge on any atom is 0.250 e. The molecule has 2 saturated carbocycles. The van der Waals surface area contributed by atoms with E-state index >= 15 is 0 Å². The van der Waals surface area contributed by atoms with Crippen molar-refractivity contribution in [3.63, 3.8) is 0 Å². The summed E-state index contributed by atoms with van der Waals surface area (Å²) in [5.74, 6) is -1.05. The predicted octanol–water partition coefficient (Wildman–Crippen LogP) is 5.64. The topological polar surface area (TPSA) is 218 Å². The van der Waals surface area contributed by atoms with Gasteiger partial charge in [-0.15, -0.1) is 0 Å². The summed E-state index contributed by atoms with van der Waals surface area (Å²) in [4.78, 5) is 45.6. The quantitative estimate of drug-likeness (QED) is 0.0593. The van der Waals surface area contributed by atoms with E-state index in [-0.39, 0.29) is 48.2 Å². The Bertz CT molecular complexity index is 2210. The first-order chi connectivity index (χ1) is 30.7. The predicted molar refractivity (Wildman–Crippen MR) is 236 cm³/mol. The van der Waals surface area contributed by atoms with Gasteiger partial charge in [-0.2, -0.15) is 5.06 Å². The lowest BCUT2D eigenvalue weighted by molar-refractivity contribution is -0.184. The van der Waals surface area contributed by atoms with Crippen LogP contribution in [0.15, 0.2) is 57.6 Å². The highest BCUT2D eigenvalue weighted by Crippen LogP contribution is 2.46. The van der Waals surface area contributed by atoms with E-state index in [4.69, 9.17) is 14.6 Å². The van der Waals surface area contributed by atoms with Gasteiger partial charge in [0.25, 0.3) is 0 Å². The second-order valence-electron chi connectivity index (χ2n) is 19.1. The Labute approximate surface area is 383 Å². The molecule has 0 spiro atoms. The number of oxazole rings is 2. The number of rotatable bonds is 16. The van der Waals surface area contributed by atoms with E-state index in [1.54, 1.807) is 12.4 Å². The van der Waals surface area contributed by atoms with E-state index in [1.165, 1.54) is 52.1 Å². The van der Waals surface area contributed by atoms with E-state index in [0.717, 1.165) is 49.3 Å². The monoisotopic (exact) mass is 931 g/mol. The molecule has 364 valence electrons. The van der Waals surface area contributed by atoms with Gasteiger partial charge < -0.3 is 40.7 Å². The van der Waals surface area contributed by atoms with Gasteiger partial charge in [0.05, 0.1) is 48.8 Å². The van der Waals surface area contributed by atoms with Gasteiger partial charge in [0.2, 0.25) is 29.5 Å². The number of nitrogens with zero attached hydrogens (tertiary/aromatic N) is 3. The van der Waals surface area contributed by atoms with Crippen molar-refractivity contribution in [2.75, 3.05) is 20.2 Å². The highest BCUT2D eigenvalue weighted by molar-refractivity contribution is 5.91. The first kappa shape index (κ1) is 53.6. The van der Waals surface area contributed by atoms with Gasteiger partial charge in [-0.3, -0.25) is 19.2 Å². The third kappa shape index (κ3) is 15.5. The van der Waals surface area contributed by atoms with Gasteiger partial charge in [-0.1, -0.05) is 41.5 Å². The van der Waals surface area contributed by atoms with Crippen molar-refractivity contribution in [2.24, 2.45) is 5.73 Å². The molecule has 4 aromatic rings. The molecule has 4 atom stereocenters. The highest BCUT2D eigenvalue weighted by Gasteiger charge is 2.50. The third-order valence-corrected chi connectivity index (χ3v) is 11.0. The van der Waals surface area contributed by atoms with Crippen molar-refractivity contribution in [1.29, 1.82) is 0 Å². The molecule has 0 saturated heterocycles. The molecule has 2 heterocycles. The molecule has 6 rings (SSSR count). The zero-order chi connectivity index (χ0) is 49.4.